The van der Waals surface area contributed by atoms with Crippen molar-refractivity contribution in [3.8, 4) is 17.0 Å². The standard InChI is InChI=1S/C20H25N3O2/c1-3-11-23-18(14-7-5-6-8-14)13-17(22-23)16-12-15(9-10-19(16)24)21-20(25)4-2/h3,9-10,12-14,24H,1,4-8,11H2,2H3,(H,21,25). The van der Waals surface area contributed by atoms with Crippen LogP contribution >= 0.6 is 0 Å². The Morgan fingerprint density at radius 2 is 2.16 bits per heavy atom. The summed E-state index contributed by atoms with van der Waals surface area (Å²) in [5.74, 6) is 0.627. The van der Waals surface area contributed by atoms with E-state index in [1.165, 1.54) is 31.4 Å². The largest absolute Gasteiger partial charge is 0.507 e. The highest BCUT2D eigenvalue weighted by atomic mass is 16.3. The Bertz CT molecular complexity index is 773. The van der Waals surface area contributed by atoms with Gasteiger partial charge in [0.1, 0.15) is 5.75 Å². The molecule has 0 radical (unpaired) electrons. The minimum atomic E-state index is -0.0551. The molecule has 25 heavy (non-hydrogen) atoms. The number of aromatic hydroxyl groups is 1. The topological polar surface area (TPSA) is 67.2 Å². The summed E-state index contributed by atoms with van der Waals surface area (Å²) in [6.45, 7) is 6.28. The molecule has 5 nitrogen and oxygen atoms in total. The molecule has 132 valence electrons. The molecule has 0 unspecified atom stereocenters. The highest BCUT2D eigenvalue weighted by molar-refractivity contribution is 5.91. The summed E-state index contributed by atoms with van der Waals surface area (Å²) < 4.78 is 1.98. The number of hydrogen-bond acceptors (Lipinski definition) is 3. The lowest BCUT2D eigenvalue weighted by Gasteiger charge is -2.10. The minimum absolute atomic E-state index is 0.0551. The van der Waals surface area contributed by atoms with Gasteiger partial charge in [-0.05, 0) is 37.1 Å². The number of carbonyl (C=O) groups excluding carboxylic acids is 1. The van der Waals surface area contributed by atoms with Gasteiger partial charge in [-0.1, -0.05) is 25.8 Å². The van der Waals surface area contributed by atoms with Gasteiger partial charge in [-0.2, -0.15) is 5.10 Å². The number of nitrogens with one attached hydrogen (secondary N) is 1. The van der Waals surface area contributed by atoms with Crippen LogP contribution in [0.5, 0.6) is 5.75 Å². The summed E-state index contributed by atoms with van der Waals surface area (Å²) in [5, 5.41) is 17.8. The summed E-state index contributed by atoms with van der Waals surface area (Å²) in [6.07, 6.45) is 7.12. The maximum Gasteiger partial charge on any atom is 0.224 e. The third-order valence-corrected chi connectivity index (χ3v) is 4.76. The van der Waals surface area contributed by atoms with Gasteiger partial charge < -0.3 is 10.4 Å². The van der Waals surface area contributed by atoms with Crippen LogP contribution in [0.25, 0.3) is 11.3 Å². The first-order chi connectivity index (χ1) is 12.1. The van der Waals surface area contributed by atoms with Gasteiger partial charge >= 0.3 is 0 Å². The van der Waals surface area contributed by atoms with Crippen molar-refractivity contribution in [2.24, 2.45) is 0 Å². The Morgan fingerprint density at radius 1 is 1.40 bits per heavy atom. The Morgan fingerprint density at radius 3 is 2.84 bits per heavy atom. The van der Waals surface area contributed by atoms with Gasteiger partial charge in [0.15, 0.2) is 0 Å². The fraction of sp³-hybridized carbons (Fsp3) is 0.400. The number of amides is 1. The zero-order valence-electron chi connectivity index (χ0n) is 14.7. The fourth-order valence-electron chi connectivity index (χ4n) is 3.45. The lowest BCUT2D eigenvalue weighted by molar-refractivity contribution is -0.115. The van der Waals surface area contributed by atoms with Crippen molar-refractivity contribution in [2.75, 3.05) is 5.32 Å². The number of aromatic nitrogens is 2. The molecular formula is C20H25N3O2. The number of anilines is 1. The smallest absolute Gasteiger partial charge is 0.224 e. The highest BCUT2D eigenvalue weighted by Gasteiger charge is 2.23. The highest BCUT2D eigenvalue weighted by Crippen LogP contribution is 2.38. The third kappa shape index (κ3) is 3.76. The maximum atomic E-state index is 11.6. The second-order valence-corrected chi connectivity index (χ2v) is 6.54. The summed E-state index contributed by atoms with van der Waals surface area (Å²) in [6, 6.07) is 7.15. The molecule has 2 N–H and O–H groups in total. The van der Waals surface area contributed by atoms with Crippen LogP contribution in [-0.4, -0.2) is 20.8 Å². The molecule has 5 heteroatoms. The van der Waals surface area contributed by atoms with Crippen LogP contribution in [0.1, 0.15) is 50.6 Å². The van der Waals surface area contributed by atoms with Crippen LogP contribution in [0.15, 0.2) is 36.9 Å². The molecule has 1 fully saturated rings. The van der Waals surface area contributed by atoms with E-state index in [0.29, 0.717) is 30.1 Å². The molecule has 3 rings (SSSR count). The van der Waals surface area contributed by atoms with E-state index < -0.39 is 0 Å². The zero-order valence-corrected chi connectivity index (χ0v) is 14.7. The minimum Gasteiger partial charge on any atom is -0.507 e. The van der Waals surface area contributed by atoms with Crippen molar-refractivity contribution in [1.29, 1.82) is 0 Å². The molecule has 0 spiro atoms. The molecule has 2 aromatic rings. The van der Waals surface area contributed by atoms with Crippen LogP contribution in [0.4, 0.5) is 5.69 Å². The molecule has 1 heterocycles. The second kappa shape index (κ2) is 7.55. The summed E-state index contributed by atoms with van der Waals surface area (Å²) in [5.41, 5.74) is 3.24. The number of phenolic OH excluding ortho intramolecular Hbond substituents is 1. The van der Waals surface area contributed by atoms with Crippen molar-refractivity contribution < 1.29 is 9.90 Å². The van der Waals surface area contributed by atoms with Crippen molar-refractivity contribution >= 4 is 11.6 Å². The van der Waals surface area contributed by atoms with Gasteiger partial charge in [-0.3, -0.25) is 9.48 Å². The van der Waals surface area contributed by atoms with Crippen LogP contribution in [0.2, 0.25) is 0 Å². The third-order valence-electron chi connectivity index (χ3n) is 4.76. The van der Waals surface area contributed by atoms with Crippen LogP contribution in [0.3, 0.4) is 0 Å². The predicted octanol–water partition coefficient (Wildman–Crippen LogP) is 4.45. The van der Waals surface area contributed by atoms with Gasteiger partial charge in [0.05, 0.1) is 12.2 Å². The molecular weight excluding hydrogens is 314 g/mol. The fourth-order valence-corrected chi connectivity index (χ4v) is 3.45. The Hall–Kier alpha value is -2.56. The molecule has 0 aliphatic heterocycles. The monoisotopic (exact) mass is 339 g/mol. The average molecular weight is 339 g/mol. The quantitative estimate of drug-likeness (QED) is 0.603. The van der Waals surface area contributed by atoms with E-state index >= 15 is 0 Å². The summed E-state index contributed by atoms with van der Waals surface area (Å²) in [7, 11) is 0. The van der Waals surface area contributed by atoms with Gasteiger partial charge in [-0.15, -0.1) is 6.58 Å². The number of phenols is 1. The molecule has 1 amide bonds. The molecule has 0 bridgehead atoms. The number of rotatable bonds is 6. The SMILES string of the molecule is C=CCn1nc(-c2cc(NC(=O)CC)ccc2O)cc1C1CCCC1. The maximum absolute atomic E-state index is 11.6. The number of benzene rings is 1. The molecule has 1 aliphatic rings. The first-order valence-electron chi connectivity index (χ1n) is 8.94. The van der Waals surface area contributed by atoms with Crippen molar-refractivity contribution in [1.82, 2.24) is 9.78 Å². The van der Waals surface area contributed by atoms with Crippen LogP contribution in [-0.2, 0) is 11.3 Å². The summed E-state index contributed by atoms with van der Waals surface area (Å²) >= 11 is 0. The lowest BCUT2D eigenvalue weighted by Crippen LogP contribution is -2.09. The zero-order chi connectivity index (χ0) is 17.8. The van der Waals surface area contributed by atoms with Gasteiger partial charge in [-0.25, -0.2) is 0 Å². The van der Waals surface area contributed by atoms with Gasteiger partial charge in [0.2, 0.25) is 5.91 Å². The van der Waals surface area contributed by atoms with Crippen LogP contribution in [0, 0.1) is 0 Å². The molecule has 1 saturated carbocycles. The second-order valence-electron chi connectivity index (χ2n) is 6.54. The van der Waals surface area contributed by atoms with E-state index in [9.17, 15) is 9.90 Å². The Kier molecular flexibility index (Phi) is 5.22. The van der Waals surface area contributed by atoms with Gasteiger partial charge in [0, 0.05) is 29.3 Å². The molecule has 0 atom stereocenters. The number of hydrogen-bond donors (Lipinski definition) is 2. The lowest BCUT2D eigenvalue weighted by atomic mass is 10.0. The van der Waals surface area contributed by atoms with Gasteiger partial charge in [0.25, 0.3) is 0 Å². The number of carbonyl (C=O) groups is 1. The Labute approximate surface area is 148 Å². The van der Waals surface area contributed by atoms with Crippen molar-refractivity contribution in [3.05, 3.63) is 42.6 Å². The van der Waals surface area contributed by atoms with E-state index in [1.54, 1.807) is 18.2 Å². The predicted molar refractivity (Wildman–Crippen MR) is 99.7 cm³/mol. The van der Waals surface area contributed by atoms with E-state index in [4.69, 9.17) is 0 Å². The van der Waals surface area contributed by atoms with E-state index in [2.05, 4.69) is 23.1 Å². The van der Waals surface area contributed by atoms with Crippen molar-refractivity contribution in [2.45, 2.75) is 51.5 Å². The number of allylic oxidation sites excluding steroid dienone is 1. The van der Waals surface area contributed by atoms with E-state index in [0.717, 1.165) is 5.69 Å². The molecule has 1 aliphatic carbocycles. The first-order valence-corrected chi connectivity index (χ1v) is 8.94. The normalized spacial score (nSPS) is 14.6. The molecule has 1 aromatic heterocycles. The van der Waals surface area contributed by atoms with E-state index in [1.807, 2.05) is 17.7 Å². The molecule has 0 saturated heterocycles. The summed E-state index contributed by atoms with van der Waals surface area (Å²) in [4.78, 5) is 11.6. The first kappa shape index (κ1) is 17.3. The van der Waals surface area contributed by atoms with E-state index in [-0.39, 0.29) is 11.7 Å². The Balaban J connectivity index is 1.97. The van der Waals surface area contributed by atoms with Crippen LogP contribution < -0.4 is 5.32 Å². The van der Waals surface area contributed by atoms with Crippen molar-refractivity contribution in [3.63, 3.8) is 0 Å². The molecule has 1 aromatic carbocycles. The average Bonchev–Trinajstić information content (AvgIpc) is 3.26. The number of nitrogens with zero attached hydrogens (tertiary/aromatic N) is 2.